The van der Waals surface area contributed by atoms with E-state index in [1.54, 1.807) is 46.1 Å². The predicted octanol–water partition coefficient (Wildman–Crippen LogP) is 3.16. The average molecular weight is 695 g/mol. The third kappa shape index (κ3) is 7.44. The highest BCUT2D eigenvalue weighted by Gasteiger charge is 2.21. The molecule has 0 aromatic carbocycles. The van der Waals surface area contributed by atoms with Crippen LogP contribution in [-0.4, -0.2) is 83.4 Å². The second-order valence-corrected chi connectivity index (χ2v) is 10.8. The van der Waals surface area contributed by atoms with E-state index in [1.807, 2.05) is 0 Å². The normalized spacial score (nSPS) is 10.8. The van der Waals surface area contributed by atoms with E-state index in [0.29, 0.717) is 35.6 Å². The summed E-state index contributed by atoms with van der Waals surface area (Å²) in [4.78, 5) is 65.5. The van der Waals surface area contributed by atoms with Gasteiger partial charge in [0.1, 0.15) is 17.8 Å². The van der Waals surface area contributed by atoms with E-state index in [9.17, 15) is 29.4 Å². The van der Waals surface area contributed by atoms with E-state index in [2.05, 4.69) is 51.0 Å². The Kier molecular flexibility index (Phi) is 9.52. The van der Waals surface area contributed by atoms with Gasteiger partial charge in [0.25, 0.3) is 11.8 Å². The molecule has 19 heteroatoms. The number of hydrogen-bond acceptors (Lipinski definition) is 12. The van der Waals surface area contributed by atoms with Crippen LogP contribution in [0.5, 0.6) is 0 Å². The van der Waals surface area contributed by atoms with E-state index in [4.69, 9.17) is 11.6 Å². The molecule has 0 saturated heterocycles. The molecule has 4 N–H and O–H groups in total. The van der Waals surface area contributed by atoms with Gasteiger partial charge in [0, 0.05) is 31.0 Å². The zero-order valence-corrected chi connectivity index (χ0v) is 26.3. The summed E-state index contributed by atoms with van der Waals surface area (Å²) in [5.74, 6) is -3.31. The Balaban J connectivity index is 1.13. The number of carboxylic acid groups (broad SMARTS) is 2. The fourth-order valence-corrected chi connectivity index (χ4v) is 4.92. The molecule has 0 spiro atoms. The van der Waals surface area contributed by atoms with Crippen LogP contribution >= 0.6 is 11.6 Å². The fraction of sp³-hybridized carbons (Fsp3) is 0.0968. The first kappa shape index (κ1) is 33.0. The lowest BCUT2D eigenvalue weighted by atomic mass is 10.0. The van der Waals surface area contributed by atoms with E-state index in [0.717, 1.165) is 0 Å². The van der Waals surface area contributed by atoms with Crippen molar-refractivity contribution in [1.82, 2.24) is 49.5 Å². The van der Waals surface area contributed by atoms with Gasteiger partial charge < -0.3 is 20.8 Å². The molecule has 0 bridgehead atoms. The molecule has 0 aliphatic carbocycles. The van der Waals surface area contributed by atoms with Crippen LogP contribution in [0.25, 0.3) is 11.6 Å². The molecule has 0 aliphatic rings. The number of nitrogens with one attached hydrogen (secondary N) is 2. The van der Waals surface area contributed by atoms with Gasteiger partial charge in [-0.2, -0.15) is 0 Å². The summed E-state index contributed by atoms with van der Waals surface area (Å²) >= 11 is 6.32. The van der Waals surface area contributed by atoms with E-state index >= 15 is 0 Å². The monoisotopic (exact) mass is 694 g/mol. The summed E-state index contributed by atoms with van der Waals surface area (Å²) in [6.07, 6.45) is 11.9. The molecule has 0 atom stereocenters. The first-order valence-corrected chi connectivity index (χ1v) is 15.0. The van der Waals surface area contributed by atoms with Crippen molar-refractivity contribution in [3.05, 3.63) is 119 Å². The molecule has 18 nitrogen and oxygen atoms in total. The Morgan fingerprint density at radius 3 is 1.76 bits per heavy atom. The summed E-state index contributed by atoms with van der Waals surface area (Å²) in [6.45, 7) is 0. The summed E-state index contributed by atoms with van der Waals surface area (Å²) in [7, 11) is 0. The van der Waals surface area contributed by atoms with Crippen LogP contribution in [0.1, 0.15) is 59.5 Å². The molecule has 6 aromatic heterocycles. The first-order valence-electron chi connectivity index (χ1n) is 14.6. The molecule has 2 amide bonds. The molecule has 0 fully saturated rings. The summed E-state index contributed by atoms with van der Waals surface area (Å²) in [5.41, 5.74) is -0.0742. The van der Waals surface area contributed by atoms with Crippen molar-refractivity contribution >= 4 is 46.7 Å². The minimum absolute atomic E-state index is 0.0443. The molecular weight excluding hydrogens is 672 g/mol. The maximum Gasteiger partial charge on any atom is 0.356 e. The molecule has 6 rings (SSSR count). The SMILES string of the molecule is O=C(Nc1cc(CCCc2cc(NC(=O)c3ccc(-n4ccnc4)nn3)c(C(=O)O)nc2Cl)cnc1C(=O)O)c1ccc(-n2ccnc2)nn1. The number of rotatable bonds is 12. The van der Waals surface area contributed by atoms with Gasteiger partial charge in [0.15, 0.2) is 34.4 Å². The lowest BCUT2D eigenvalue weighted by Gasteiger charge is -2.12. The maximum absolute atomic E-state index is 12.9. The van der Waals surface area contributed by atoms with Crippen LogP contribution in [0.3, 0.4) is 0 Å². The van der Waals surface area contributed by atoms with Gasteiger partial charge in [-0.1, -0.05) is 11.6 Å². The Bertz CT molecular complexity index is 2190. The van der Waals surface area contributed by atoms with Gasteiger partial charge >= 0.3 is 11.9 Å². The Labute approximate surface area is 285 Å². The van der Waals surface area contributed by atoms with Crippen LogP contribution in [0.15, 0.2) is 80.0 Å². The Morgan fingerprint density at radius 2 is 1.28 bits per heavy atom. The molecule has 0 saturated carbocycles. The van der Waals surface area contributed by atoms with E-state index < -0.39 is 29.4 Å². The van der Waals surface area contributed by atoms with Crippen LogP contribution < -0.4 is 10.6 Å². The number of aromatic nitrogens is 10. The van der Waals surface area contributed by atoms with Gasteiger partial charge in [-0.25, -0.2) is 29.5 Å². The first-order chi connectivity index (χ1) is 24.2. The van der Waals surface area contributed by atoms with Crippen molar-refractivity contribution in [3.63, 3.8) is 0 Å². The van der Waals surface area contributed by atoms with E-state index in [-0.39, 0.29) is 40.0 Å². The topological polar surface area (TPSA) is 246 Å². The van der Waals surface area contributed by atoms with Gasteiger partial charge in [0.05, 0.1) is 11.4 Å². The number of carbonyl (C=O) groups excluding carboxylic acids is 2. The van der Waals surface area contributed by atoms with Crippen molar-refractivity contribution < 1.29 is 29.4 Å². The minimum atomic E-state index is -1.41. The predicted molar refractivity (Wildman–Crippen MR) is 174 cm³/mol. The van der Waals surface area contributed by atoms with Crippen molar-refractivity contribution in [1.29, 1.82) is 0 Å². The molecule has 0 aliphatic heterocycles. The van der Waals surface area contributed by atoms with Gasteiger partial charge in [-0.3, -0.25) is 18.7 Å². The number of halogens is 1. The number of carboxylic acids is 2. The summed E-state index contributed by atoms with van der Waals surface area (Å²) < 4.78 is 3.20. The fourth-order valence-electron chi connectivity index (χ4n) is 4.69. The zero-order valence-electron chi connectivity index (χ0n) is 25.5. The number of carbonyl (C=O) groups is 4. The lowest BCUT2D eigenvalue weighted by molar-refractivity contribution is 0.0680. The molecule has 0 radical (unpaired) electrons. The highest BCUT2D eigenvalue weighted by molar-refractivity contribution is 6.30. The third-order valence-corrected chi connectivity index (χ3v) is 7.44. The number of amides is 2. The number of pyridine rings is 2. The number of nitrogens with zero attached hydrogens (tertiary/aromatic N) is 10. The highest BCUT2D eigenvalue weighted by Crippen LogP contribution is 2.25. The maximum atomic E-state index is 12.9. The smallest absolute Gasteiger partial charge is 0.356 e. The van der Waals surface area contributed by atoms with Crippen molar-refractivity contribution in [3.8, 4) is 11.6 Å². The van der Waals surface area contributed by atoms with Crippen molar-refractivity contribution in [2.75, 3.05) is 10.6 Å². The molecule has 0 unspecified atom stereocenters. The van der Waals surface area contributed by atoms with Gasteiger partial charge in [0.2, 0.25) is 0 Å². The molecule has 6 aromatic rings. The molecule has 6 heterocycles. The quantitative estimate of drug-likeness (QED) is 0.134. The highest BCUT2D eigenvalue weighted by atomic mass is 35.5. The Hall–Kier alpha value is -6.95. The number of aryl methyl sites for hydroxylation is 2. The number of imidazole rings is 2. The minimum Gasteiger partial charge on any atom is -0.476 e. The largest absolute Gasteiger partial charge is 0.476 e. The van der Waals surface area contributed by atoms with Crippen LogP contribution in [-0.2, 0) is 12.8 Å². The van der Waals surface area contributed by atoms with Gasteiger partial charge in [-0.05, 0) is 66.8 Å². The second kappa shape index (κ2) is 14.4. The van der Waals surface area contributed by atoms with Gasteiger partial charge in [-0.15, -0.1) is 20.4 Å². The van der Waals surface area contributed by atoms with Crippen LogP contribution in [0, 0.1) is 0 Å². The standard InChI is InChI=1S/C31H23ClN12O6/c32-27-18(13-22(26(38-27)31(49)50)37-29(46)20-5-7-24(42-40-20)44-11-9-34-16-44)3-1-2-17-12-21(25(30(47)48)35-14-17)36-28(45)19-4-6-23(41-39-19)43-10-8-33-15-43/h4-16H,1-3H2,(H,36,45)(H,37,46)(H,47,48)(H,49,50). The molecule has 250 valence electrons. The van der Waals surface area contributed by atoms with E-state index in [1.165, 1.54) is 43.1 Å². The summed E-state index contributed by atoms with van der Waals surface area (Å²) in [5, 5.41) is 40.2. The Morgan fingerprint density at radius 1 is 0.720 bits per heavy atom. The number of aromatic carboxylic acids is 2. The van der Waals surface area contributed by atoms with Crippen LogP contribution in [0.4, 0.5) is 11.4 Å². The number of hydrogen-bond donors (Lipinski definition) is 4. The number of anilines is 2. The zero-order chi connectivity index (χ0) is 35.2. The van der Waals surface area contributed by atoms with Crippen LogP contribution in [0.2, 0.25) is 5.15 Å². The summed E-state index contributed by atoms with van der Waals surface area (Å²) in [6, 6.07) is 8.88. The second-order valence-electron chi connectivity index (χ2n) is 10.4. The van der Waals surface area contributed by atoms with Crippen molar-refractivity contribution in [2.24, 2.45) is 0 Å². The molecular formula is C31H23ClN12O6. The van der Waals surface area contributed by atoms with Crippen molar-refractivity contribution in [2.45, 2.75) is 19.3 Å². The molecule has 50 heavy (non-hydrogen) atoms. The lowest BCUT2D eigenvalue weighted by Crippen LogP contribution is -2.18. The average Bonchev–Trinajstić information content (AvgIpc) is 3.85. The third-order valence-electron chi connectivity index (χ3n) is 7.11.